The fraction of sp³-hybridized carbons (Fsp3) is 0.545. The molecule has 0 aliphatic rings. The lowest BCUT2D eigenvalue weighted by Gasteiger charge is -2.23. The number of benzene rings is 1. The van der Waals surface area contributed by atoms with E-state index in [0.717, 1.165) is 42.4 Å². The molecule has 0 amide bonds. The molecule has 3 nitrogen and oxygen atoms in total. The summed E-state index contributed by atoms with van der Waals surface area (Å²) in [6.07, 6.45) is 2.42. The van der Waals surface area contributed by atoms with Gasteiger partial charge >= 0.3 is 0 Å². The van der Waals surface area contributed by atoms with Crippen LogP contribution in [0.1, 0.15) is 77.0 Å². The topological polar surface area (TPSA) is 50.1 Å². The summed E-state index contributed by atoms with van der Waals surface area (Å²) < 4.78 is 27.5. The Hall–Kier alpha value is -1.88. The quantitative estimate of drug-likeness (QED) is 0.346. The van der Waals surface area contributed by atoms with Crippen LogP contribution in [0, 0.1) is 0 Å². The fourth-order valence-electron chi connectivity index (χ4n) is 3.39. The molecule has 0 radical (unpaired) electrons. The molecule has 1 unspecified atom stereocenters. The van der Waals surface area contributed by atoms with E-state index in [0.29, 0.717) is 11.3 Å². The molecule has 1 atom stereocenters. The molecular formula is C22H35F2N3. The van der Waals surface area contributed by atoms with E-state index in [9.17, 15) is 8.78 Å². The number of halogens is 2. The molecule has 0 aliphatic heterocycles. The van der Waals surface area contributed by atoms with Gasteiger partial charge in [-0.05, 0) is 73.7 Å². The Bertz CT molecular complexity index is 672. The Morgan fingerprint density at radius 2 is 1.78 bits per heavy atom. The van der Waals surface area contributed by atoms with Crippen LogP contribution >= 0.6 is 0 Å². The highest BCUT2D eigenvalue weighted by Crippen LogP contribution is 2.34. The Labute approximate surface area is 163 Å². The summed E-state index contributed by atoms with van der Waals surface area (Å²) >= 11 is 0. The first-order chi connectivity index (χ1) is 12.8. The van der Waals surface area contributed by atoms with Gasteiger partial charge in [0.05, 0.1) is 6.17 Å². The van der Waals surface area contributed by atoms with Gasteiger partial charge in [-0.25, -0.2) is 8.78 Å². The third kappa shape index (κ3) is 6.06. The molecule has 0 heterocycles. The van der Waals surface area contributed by atoms with Crippen LogP contribution in [-0.4, -0.2) is 13.2 Å². The summed E-state index contributed by atoms with van der Waals surface area (Å²) in [5.74, 6) is 0. The van der Waals surface area contributed by atoms with Crippen molar-refractivity contribution in [1.29, 1.82) is 0 Å². The molecule has 0 aliphatic carbocycles. The fourth-order valence-corrected chi connectivity index (χ4v) is 3.39. The van der Waals surface area contributed by atoms with Crippen LogP contribution in [-0.2, 0) is 6.42 Å². The molecule has 0 bridgehead atoms. The number of nitrogens with one attached hydrogen (secondary N) is 2. The minimum atomic E-state index is -2.55. The lowest BCUT2D eigenvalue weighted by atomic mass is 9.94. The third-order valence-corrected chi connectivity index (χ3v) is 5.00. The van der Waals surface area contributed by atoms with Gasteiger partial charge in [0.2, 0.25) is 0 Å². The molecule has 1 aromatic carbocycles. The second kappa shape index (κ2) is 11.1. The summed E-state index contributed by atoms with van der Waals surface area (Å²) in [6, 6.07) is 3.45. The van der Waals surface area contributed by atoms with Crippen LogP contribution in [0.15, 0.2) is 29.5 Å². The first-order valence-electron chi connectivity index (χ1n) is 9.80. The molecule has 1 aromatic rings. The molecule has 1 rings (SSSR count). The van der Waals surface area contributed by atoms with Crippen LogP contribution in [0.25, 0.3) is 5.57 Å². The summed E-state index contributed by atoms with van der Waals surface area (Å²) in [5, 5.41) is 6.21. The van der Waals surface area contributed by atoms with Gasteiger partial charge in [0, 0.05) is 18.3 Å². The summed E-state index contributed by atoms with van der Waals surface area (Å²) in [5.41, 5.74) is 11.8. The molecular weight excluding hydrogens is 344 g/mol. The predicted octanol–water partition coefficient (Wildman–Crippen LogP) is 5.99. The van der Waals surface area contributed by atoms with E-state index in [1.54, 1.807) is 19.3 Å². The maximum atomic E-state index is 13.7. The van der Waals surface area contributed by atoms with Crippen molar-refractivity contribution in [1.82, 2.24) is 5.32 Å². The monoisotopic (exact) mass is 379 g/mol. The normalized spacial score (nSPS) is 12.9. The number of hydrogen-bond donors (Lipinski definition) is 3. The molecule has 0 saturated carbocycles. The zero-order valence-corrected chi connectivity index (χ0v) is 17.5. The van der Waals surface area contributed by atoms with Crippen LogP contribution < -0.4 is 16.4 Å². The number of rotatable bonds is 10. The van der Waals surface area contributed by atoms with Gasteiger partial charge in [0.1, 0.15) is 0 Å². The van der Waals surface area contributed by atoms with E-state index in [4.69, 9.17) is 5.73 Å². The molecule has 5 heteroatoms. The molecule has 0 fully saturated rings. The van der Waals surface area contributed by atoms with Gasteiger partial charge in [-0.15, -0.1) is 0 Å². The maximum Gasteiger partial charge on any atom is 0.264 e. The number of allylic oxidation sites excluding steroid dienone is 2. The minimum Gasteiger partial charge on any atom is -0.394 e. The minimum absolute atomic E-state index is 0.0291. The number of aryl methyl sites for hydroxylation is 1. The van der Waals surface area contributed by atoms with Crippen LogP contribution in [0.3, 0.4) is 0 Å². The second-order valence-corrected chi connectivity index (χ2v) is 6.88. The van der Waals surface area contributed by atoms with E-state index in [2.05, 4.69) is 31.4 Å². The summed E-state index contributed by atoms with van der Waals surface area (Å²) in [7, 11) is 1.77. The van der Waals surface area contributed by atoms with Crippen molar-refractivity contribution in [3.8, 4) is 0 Å². The predicted molar refractivity (Wildman–Crippen MR) is 113 cm³/mol. The lowest BCUT2D eigenvalue weighted by Crippen LogP contribution is -2.32. The number of nitrogens with two attached hydrogens (primary N) is 1. The molecule has 4 N–H and O–H groups in total. The van der Waals surface area contributed by atoms with E-state index in [1.165, 1.54) is 5.57 Å². The second-order valence-electron chi connectivity index (χ2n) is 6.88. The van der Waals surface area contributed by atoms with Gasteiger partial charge in [0.25, 0.3) is 6.43 Å². The lowest BCUT2D eigenvalue weighted by molar-refractivity contribution is 0.151. The number of hydrogen-bond acceptors (Lipinski definition) is 3. The van der Waals surface area contributed by atoms with E-state index < -0.39 is 6.43 Å². The SMILES string of the molecule is CCCc1cc(/C(C)=C/NC)c(C(F)F)cc1NC(N)C(C)=C(CC)CC. The van der Waals surface area contributed by atoms with Crippen molar-refractivity contribution in [3.05, 3.63) is 46.2 Å². The van der Waals surface area contributed by atoms with Crippen molar-refractivity contribution in [2.75, 3.05) is 12.4 Å². The highest BCUT2D eigenvalue weighted by atomic mass is 19.3. The van der Waals surface area contributed by atoms with Gasteiger partial charge in [0.15, 0.2) is 0 Å². The molecule has 0 spiro atoms. The Morgan fingerprint density at radius 3 is 2.26 bits per heavy atom. The average Bonchev–Trinajstić information content (AvgIpc) is 2.63. The van der Waals surface area contributed by atoms with Crippen molar-refractivity contribution >= 4 is 11.3 Å². The zero-order chi connectivity index (χ0) is 20.6. The first kappa shape index (κ1) is 23.2. The smallest absolute Gasteiger partial charge is 0.264 e. The van der Waals surface area contributed by atoms with E-state index in [1.807, 2.05) is 19.9 Å². The molecule has 0 saturated heterocycles. The van der Waals surface area contributed by atoms with Gasteiger partial charge in [-0.2, -0.15) is 0 Å². The summed E-state index contributed by atoms with van der Waals surface area (Å²) in [6.45, 7) is 10.2. The van der Waals surface area contributed by atoms with Crippen molar-refractivity contribution in [2.45, 2.75) is 72.9 Å². The van der Waals surface area contributed by atoms with Crippen LogP contribution in [0.5, 0.6) is 0 Å². The summed E-state index contributed by atoms with van der Waals surface area (Å²) in [4.78, 5) is 0. The highest BCUT2D eigenvalue weighted by molar-refractivity contribution is 5.71. The Kier molecular flexibility index (Phi) is 9.50. The standard InChI is InChI=1S/C22H35F2N3/c1-7-10-17-11-18(14(4)13-26-6)19(21(23)24)12-20(17)27-22(25)15(5)16(8-2)9-3/h11-13,21-22,26-27H,7-10,25H2,1-6H3/b14-13+. The Balaban J connectivity index is 3.43. The van der Waals surface area contributed by atoms with E-state index >= 15 is 0 Å². The highest BCUT2D eigenvalue weighted by Gasteiger charge is 2.19. The molecule has 0 aromatic heterocycles. The van der Waals surface area contributed by atoms with Crippen LogP contribution in [0.2, 0.25) is 0 Å². The van der Waals surface area contributed by atoms with Gasteiger partial charge < -0.3 is 16.4 Å². The first-order valence-corrected chi connectivity index (χ1v) is 9.80. The van der Waals surface area contributed by atoms with E-state index in [-0.39, 0.29) is 11.7 Å². The van der Waals surface area contributed by atoms with Gasteiger partial charge in [-0.3, -0.25) is 0 Å². The average molecular weight is 380 g/mol. The molecule has 152 valence electrons. The third-order valence-electron chi connectivity index (χ3n) is 5.00. The number of anilines is 1. The van der Waals surface area contributed by atoms with Crippen molar-refractivity contribution in [2.24, 2.45) is 5.73 Å². The Morgan fingerprint density at radius 1 is 1.15 bits per heavy atom. The zero-order valence-electron chi connectivity index (χ0n) is 17.5. The number of alkyl halides is 2. The largest absolute Gasteiger partial charge is 0.394 e. The van der Waals surface area contributed by atoms with Crippen molar-refractivity contribution < 1.29 is 8.78 Å². The van der Waals surface area contributed by atoms with Crippen molar-refractivity contribution in [3.63, 3.8) is 0 Å². The molecule has 27 heavy (non-hydrogen) atoms. The van der Waals surface area contributed by atoms with Gasteiger partial charge in [-0.1, -0.05) is 32.8 Å². The van der Waals surface area contributed by atoms with Crippen LogP contribution in [0.4, 0.5) is 14.5 Å². The maximum absolute atomic E-state index is 13.7.